The number of nitrogens with one attached hydrogen (secondary N) is 1. The molecule has 44 heavy (non-hydrogen) atoms. The number of piperazine rings is 1. The number of amides is 2. The molecule has 0 bridgehead atoms. The molecule has 1 N–H and O–H groups in total. The van der Waals surface area contributed by atoms with Gasteiger partial charge in [-0.15, -0.1) is 0 Å². The molecule has 3 heterocycles. The molecule has 0 radical (unpaired) electrons. The fourth-order valence-corrected chi connectivity index (χ4v) is 6.56. The first-order chi connectivity index (χ1) is 21.2. The molecular formula is C34H38N4O6. The third-order valence-corrected chi connectivity index (χ3v) is 8.68. The molecule has 0 spiro atoms. The van der Waals surface area contributed by atoms with Crippen LogP contribution in [0.1, 0.15) is 48.8 Å². The van der Waals surface area contributed by atoms with Gasteiger partial charge in [0.15, 0.2) is 23.0 Å². The van der Waals surface area contributed by atoms with Gasteiger partial charge in [0.05, 0.1) is 44.4 Å². The van der Waals surface area contributed by atoms with Crippen LogP contribution in [-0.2, 0) is 9.59 Å². The van der Waals surface area contributed by atoms with E-state index >= 15 is 0 Å². The van der Waals surface area contributed by atoms with Crippen LogP contribution in [0.4, 0.5) is 11.4 Å². The highest BCUT2D eigenvalue weighted by Crippen LogP contribution is 2.49. The molecule has 1 aromatic heterocycles. The Morgan fingerprint density at radius 3 is 2.36 bits per heavy atom. The Morgan fingerprint density at radius 1 is 0.932 bits per heavy atom. The van der Waals surface area contributed by atoms with Gasteiger partial charge in [-0.3, -0.25) is 14.4 Å². The number of carbonyl (C=O) groups is 3. The summed E-state index contributed by atoms with van der Waals surface area (Å²) in [6.07, 6.45) is 2.58. The van der Waals surface area contributed by atoms with Gasteiger partial charge in [0.2, 0.25) is 5.91 Å². The van der Waals surface area contributed by atoms with Gasteiger partial charge in [-0.1, -0.05) is 32.0 Å². The van der Waals surface area contributed by atoms with E-state index in [9.17, 15) is 14.4 Å². The van der Waals surface area contributed by atoms with Crippen molar-refractivity contribution < 1.29 is 28.3 Å². The first-order valence-corrected chi connectivity index (χ1v) is 14.9. The van der Waals surface area contributed by atoms with E-state index in [1.54, 1.807) is 36.2 Å². The third kappa shape index (κ3) is 5.52. The van der Waals surface area contributed by atoms with Crippen molar-refractivity contribution in [3.8, 4) is 11.5 Å². The number of benzene rings is 2. The van der Waals surface area contributed by atoms with Crippen LogP contribution in [0.25, 0.3) is 0 Å². The Kier molecular flexibility index (Phi) is 7.84. The third-order valence-electron chi connectivity index (χ3n) is 8.68. The van der Waals surface area contributed by atoms with E-state index in [0.717, 1.165) is 22.6 Å². The largest absolute Gasteiger partial charge is 0.493 e. The summed E-state index contributed by atoms with van der Waals surface area (Å²) in [5, 5.41) is 3.60. The predicted octanol–water partition coefficient (Wildman–Crippen LogP) is 4.90. The van der Waals surface area contributed by atoms with Gasteiger partial charge in [-0.2, -0.15) is 0 Å². The molecular weight excluding hydrogens is 560 g/mol. The molecule has 230 valence electrons. The zero-order valence-corrected chi connectivity index (χ0v) is 25.6. The number of fused-ring (bicyclic) bond motifs is 1. The number of methoxy groups -OCH3 is 2. The number of ether oxygens (including phenoxy) is 2. The highest BCUT2D eigenvalue weighted by atomic mass is 16.5. The monoisotopic (exact) mass is 598 g/mol. The molecule has 1 unspecified atom stereocenters. The van der Waals surface area contributed by atoms with Crippen LogP contribution < -0.4 is 19.7 Å². The van der Waals surface area contributed by atoms with Gasteiger partial charge in [0.1, 0.15) is 0 Å². The lowest BCUT2D eigenvalue weighted by Crippen LogP contribution is -2.53. The van der Waals surface area contributed by atoms with Crippen molar-refractivity contribution in [2.24, 2.45) is 5.41 Å². The minimum atomic E-state index is -0.546. The van der Waals surface area contributed by atoms with E-state index in [0.29, 0.717) is 61.9 Å². The maximum atomic E-state index is 14.0. The number of anilines is 2. The first kappa shape index (κ1) is 29.3. The van der Waals surface area contributed by atoms with Gasteiger partial charge >= 0.3 is 0 Å². The molecule has 1 saturated heterocycles. The Bertz CT molecular complexity index is 1600. The van der Waals surface area contributed by atoms with Crippen molar-refractivity contribution in [2.75, 3.05) is 57.2 Å². The molecule has 3 aromatic rings. The second-order valence-electron chi connectivity index (χ2n) is 12.3. The SMILES string of the molecule is COc1ccc(C2C3=C(CC(C)(C)CC3=O)Nc3ccccc3N2CC(=O)N2CCN(C(=O)c3ccco3)CC2)cc1OC. The van der Waals surface area contributed by atoms with Crippen LogP contribution in [0.5, 0.6) is 11.5 Å². The van der Waals surface area contributed by atoms with E-state index in [1.807, 2.05) is 47.4 Å². The van der Waals surface area contributed by atoms with E-state index < -0.39 is 6.04 Å². The Hall–Kier alpha value is -4.73. The molecule has 10 heteroatoms. The summed E-state index contributed by atoms with van der Waals surface area (Å²) in [5.41, 5.74) is 3.82. The summed E-state index contributed by atoms with van der Waals surface area (Å²) in [7, 11) is 3.17. The van der Waals surface area contributed by atoms with Crippen molar-refractivity contribution in [2.45, 2.75) is 32.7 Å². The number of hydrogen-bond acceptors (Lipinski definition) is 8. The number of furan rings is 1. The highest BCUT2D eigenvalue weighted by Gasteiger charge is 2.42. The van der Waals surface area contributed by atoms with E-state index in [2.05, 4.69) is 19.2 Å². The number of allylic oxidation sites excluding steroid dienone is 1. The van der Waals surface area contributed by atoms with Crippen LogP contribution in [0.2, 0.25) is 0 Å². The summed E-state index contributed by atoms with van der Waals surface area (Å²) < 4.78 is 16.5. The van der Waals surface area contributed by atoms with Crippen molar-refractivity contribution >= 4 is 29.0 Å². The van der Waals surface area contributed by atoms with E-state index in [1.165, 1.54) is 6.26 Å². The molecule has 2 amide bonds. The van der Waals surface area contributed by atoms with Gasteiger partial charge in [0, 0.05) is 43.9 Å². The number of ketones is 1. The second kappa shape index (κ2) is 11.7. The van der Waals surface area contributed by atoms with Gasteiger partial charge in [-0.05, 0) is 53.8 Å². The molecule has 1 fully saturated rings. The van der Waals surface area contributed by atoms with Gasteiger partial charge < -0.3 is 33.9 Å². The summed E-state index contributed by atoms with van der Waals surface area (Å²) in [4.78, 5) is 46.4. The molecule has 0 saturated carbocycles. The molecule has 1 aliphatic carbocycles. The normalized spacial score (nSPS) is 19.5. The summed E-state index contributed by atoms with van der Waals surface area (Å²) in [6.45, 7) is 5.88. The van der Waals surface area contributed by atoms with Crippen molar-refractivity contribution in [3.63, 3.8) is 0 Å². The average Bonchev–Trinajstić information content (AvgIpc) is 3.52. The molecule has 1 atom stereocenters. The molecule has 2 aliphatic heterocycles. The Morgan fingerprint density at radius 2 is 1.66 bits per heavy atom. The second-order valence-corrected chi connectivity index (χ2v) is 12.3. The number of rotatable bonds is 6. The lowest BCUT2D eigenvalue weighted by molar-refractivity contribution is -0.131. The number of Topliss-reactive ketones (excluding diaryl/α,β-unsaturated/α-hetero) is 1. The van der Waals surface area contributed by atoms with Crippen LogP contribution in [0, 0.1) is 5.41 Å². The number of para-hydroxylation sites is 2. The minimum absolute atomic E-state index is 0.0390. The van der Waals surface area contributed by atoms with Crippen LogP contribution in [0.15, 0.2) is 76.5 Å². The smallest absolute Gasteiger partial charge is 0.289 e. The predicted molar refractivity (Wildman–Crippen MR) is 166 cm³/mol. The number of hydrogen-bond donors (Lipinski definition) is 1. The quantitative estimate of drug-likeness (QED) is 0.428. The van der Waals surface area contributed by atoms with Crippen LogP contribution >= 0.6 is 0 Å². The van der Waals surface area contributed by atoms with E-state index in [-0.39, 0.29) is 29.6 Å². The standard InChI is InChI=1S/C34H38N4O6/c1-34(2)19-24-31(26(39)20-34)32(22-11-12-27(42-3)29(18-22)43-4)38(25-9-6-5-8-23(25)35-24)21-30(40)36-13-15-37(16-14-36)33(41)28-10-7-17-44-28/h5-12,17-18,32,35H,13-16,19-21H2,1-4H3. The summed E-state index contributed by atoms with van der Waals surface area (Å²) >= 11 is 0. The van der Waals surface area contributed by atoms with Crippen molar-refractivity contribution in [1.82, 2.24) is 9.80 Å². The minimum Gasteiger partial charge on any atom is -0.493 e. The molecule has 10 nitrogen and oxygen atoms in total. The lowest BCUT2D eigenvalue weighted by atomic mass is 9.73. The lowest BCUT2D eigenvalue weighted by Gasteiger charge is -2.40. The fourth-order valence-electron chi connectivity index (χ4n) is 6.56. The fraction of sp³-hybridized carbons (Fsp3) is 0.382. The number of nitrogens with zero attached hydrogens (tertiary/aromatic N) is 3. The maximum Gasteiger partial charge on any atom is 0.289 e. The first-order valence-electron chi connectivity index (χ1n) is 14.9. The van der Waals surface area contributed by atoms with Crippen LogP contribution in [-0.4, -0.2) is 74.3 Å². The van der Waals surface area contributed by atoms with Crippen molar-refractivity contribution in [1.29, 1.82) is 0 Å². The van der Waals surface area contributed by atoms with Gasteiger partial charge in [0.25, 0.3) is 5.91 Å². The summed E-state index contributed by atoms with van der Waals surface area (Å²) in [6, 6.07) is 16.3. The highest BCUT2D eigenvalue weighted by molar-refractivity contribution is 6.02. The Balaban J connectivity index is 1.37. The topological polar surface area (TPSA) is 105 Å². The maximum absolute atomic E-state index is 14.0. The summed E-state index contributed by atoms with van der Waals surface area (Å²) in [5.74, 6) is 1.21. The zero-order valence-electron chi connectivity index (χ0n) is 25.6. The molecule has 2 aromatic carbocycles. The molecule has 3 aliphatic rings. The van der Waals surface area contributed by atoms with Crippen LogP contribution in [0.3, 0.4) is 0 Å². The number of carbonyl (C=O) groups excluding carboxylic acids is 3. The molecule has 6 rings (SSSR count). The van der Waals surface area contributed by atoms with Gasteiger partial charge in [-0.25, -0.2) is 0 Å². The average molecular weight is 599 g/mol. The van der Waals surface area contributed by atoms with E-state index in [4.69, 9.17) is 13.9 Å². The van der Waals surface area contributed by atoms with Crippen molar-refractivity contribution in [3.05, 3.63) is 83.5 Å². The zero-order chi connectivity index (χ0) is 31.0. The Labute approximate surface area is 257 Å².